The predicted octanol–water partition coefficient (Wildman–Crippen LogP) is 6.94. The summed E-state index contributed by atoms with van der Waals surface area (Å²) in [5.41, 5.74) is 11.8. The molecule has 0 aliphatic carbocycles. The van der Waals surface area contributed by atoms with Crippen molar-refractivity contribution in [2.24, 2.45) is 4.99 Å². The zero-order chi connectivity index (χ0) is 24.8. The van der Waals surface area contributed by atoms with Gasteiger partial charge in [0.2, 0.25) is 5.69 Å². The zero-order valence-corrected chi connectivity index (χ0v) is 20.9. The minimum Gasteiger partial charge on any atom is -0.280 e. The smallest absolute Gasteiger partial charge is 0.213 e. The van der Waals surface area contributed by atoms with Crippen molar-refractivity contribution in [2.45, 2.75) is 38.3 Å². The van der Waals surface area contributed by atoms with Gasteiger partial charge in [0.25, 0.3) is 0 Å². The minimum absolute atomic E-state index is 0.0772. The molecule has 0 saturated heterocycles. The molecule has 0 spiro atoms. The summed E-state index contributed by atoms with van der Waals surface area (Å²) < 4.78 is 2.48. The lowest BCUT2D eigenvalue weighted by molar-refractivity contribution is -0.700. The molecule has 36 heavy (non-hydrogen) atoms. The van der Waals surface area contributed by atoms with Gasteiger partial charge in [0.15, 0.2) is 12.2 Å². The molecule has 3 unspecified atom stereocenters. The van der Waals surface area contributed by atoms with Crippen molar-refractivity contribution in [3.8, 4) is 22.4 Å². The minimum atomic E-state index is 0.0772. The fraction of sp³-hybridized carbons (Fsp3) is 0.182. The number of hydrogen-bond donors (Lipinski definition) is 0. The van der Waals surface area contributed by atoms with Crippen molar-refractivity contribution in [1.82, 2.24) is 4.98 Å². The topological polar surface area (TPSA) is 29.1 Å². The second-order valence-electron chi connectivity index (χ2n) is 9.75. The highest BCUT2D eigenvalue weighted by molar-refractivity contribution is 6.10. The summed E-state index contributed by atoms with van der Waals surface area (Å²) in [7, 11) is 0. The summed E-state index contributed by atoms with van der Waals surface area (Å²) in [6, 6.07) is 26.5. The number of pyridine rings is 2. The Morgan fingerprint density at radius 3 is 2.33 bits per heavy atom. The molecular weight excluding hydrogens is 438 g/mol. The highest BCUT2D eigenvalue weighted by atomic mass is 15.1. The van der Waals surface area contributed by atoms with Gasteiger partial charge in [-0.15, -0.1) is 6.58 Å². The SMILES string of the molecule is C=CCC1N=C(C=C)c2ccccc2C1C1c2ccccc2-c2ccc(-c3ccc(C)nc3C)c[n+]21. The number of aliphatic imine (C=N–C) groups is 1. The standard InChI is InChI=1S/C33H30N3/c1-5-11-30-32(27-14-9-7-12-25(27)29(6-2)35-30)33-28-15-10-8-13-26(28)31-19-17-23(20-36(31)33)24-18-16-21(3)34-22(24)4/h5-10,12-20,30,32-33H,1-2,11H2,3-4H3/q+1. The summed E-state index contributed by atoms with van der Waals surface area (Å²) in [6.45, 7) is 12.3. The van der Waals surface area contributed by atoms with Gasteiger partial charge in [-0.05, 0) is 50.1 Å². The molecule has 2 aliphatic heterocycles. The van der Waals surface area contributed by atoms with Gasteiger partial charge in [-0.25, -0.2) is 0 Å². The van der Waals surface area contributed by atoms with Gasteiger partial charge in [0, 0.05) is 39.7 Å². The molecule has 0 N–H and O–H groups in total. The van der Waals surface area contributed by atoms with Crippen molar-refractivity contribution in [2.75, 3.05) is 0 Å². The van der Waals surface area contributed by atoms with Gasteiger partial charge < -0.3 is 0 Å². The van der Waals surface area contributed by atoms with E-state index in [1.165, 1.54) is 39.1 Å². The van der Waals surface area contributed by atoms with Crippen LogP contribution >= 0.6 is 0 Å². The van der Waals surface area contributed by atoms with E-state index in [9.17, 15) is 0 Å². The maximum Gasteiger partial charge on any atom is 0.213 e. The molecule has 3 nitrogen and oxygen atoms in total. The molecule has 2 aliphatic rings. The molecule has 176 valence electrons. The first-order chi connectivity index (χ1) is 17.6. The number of fused-ring (bicyclic) bond motifs is 4. The molecule has 0 amide bonds. The molecule has 0 radical (unpaired) electrons. The van der Waals surface area contributed by atoms with Gasteiger partial charge in [-0.3, -0.25) is 9.98 Å². The number of benzene rings is 2. The van der Waals surface area contributed by atoms with Crippen LogP contribution in [0.25, 0.3) is 22.4 Å². The Kier molecular flexibility index (Phi) is 5.49. The van der Waals surface area contributed by atoms with Crippen molar-refractivity contribution in [3.63, 3.8) is 0 Å². The van der Waals surface area contributed by atoms with E-state index < -0.39 is 0 Å². The summed E-state index contributed by atoms with van der Waals surface area (Å²) in [4.78, 5) is 9.94. The van der Waals surface area contributed by atoms with E-state index in [0.717, 1.165) is 23.5 Å². The van der Waals surface area contributed by atoms with Crippen LogP contribution in [0.2, 0.25) is 0 Å². The van der Waals surface area contributed by atoms with Crippen LogP contribution in [-0.2, 0) is 0 Å². The van der Waals surface area contributed by atoms with Gasteiger partial charge in [0.05, 0.1) is 23.2 Å². The molecule has 6 rings (SSSR count). The summed E-state index contributed by atoms with van der Waals surface area (Å²) in [5, 5.41) is 0. The first kappa shape index (κ1) is 22.4. The fourth-order valence-corrected chi connectivity index (χ4v) is 6.10. The summed E-state index contributed by atoms with van der Waals surface area (Å²) >= 11 is 0. The van der Waals surface area contributed by atoms with Crippen molar-refractivity contribution < 1.29 is 4.57 Å². The van der Waals surface area contributed by atoms with E-state index in [2.05, 4.69) is 104 Å². The lowest BCUT2D eigenvalue weighted by Crippen LogP contribution is -2.45. The van der Waals surface area contributed by atoms with Crippen LogP contribution in [0.5, 0.6) is 0 Å². The molecule has 0 bridgehead atoms. The second-order valence-corrected chi connectivity index (χ2v) is 9.75. The van der Waals surface area contributed by atoms with E-state index in [4.69, 9.17) is 9.98 Å². The molecule has 2 aromatic heterocycles. The number of allylic oxidation sites excluding steroid dienone is 1. The molecule has 2 aromatic carbocycles. The summed E-state index contributed by atoms with van der Waals surface area (Å²) in [5.74, 6) is 0.169. The van der Waals surface area contributed by atoms with E-state index in [-0.39, 0.29) is 18.0 Å². The molecular formula is C33H30N3+. The number of rotatable bonds is 5. The summed E-state index contributed by atoms with van der Waals surface area (Å²) in [6.07, 6.45) is 7.02. The maximum atomic E-state index is 5.21. The molecule has 0 saturated carbocycles. The number of hydrogen-bond acceptors (Lipinski definition) is 2. The van der Waals surface area contributed by atoms with Crippen LogP contribution in [0.15, 0.2) is 109 Å². The fourth-order valence-electron chi connectivity index (χ4n) is 6.10. The third kappa shape index (κ3) is 3.46. The quantitative estimate of drug-likeness (QED) is 0.230. The van der Waals surface area contributed by atoms with Gasteiger partial charge in [-0.2, -0.15) is 4.57 Å². The third-order valence-corrected chi connectivity index (χ3v) is 7.63. The number of nitrogens with zero attached hydrogens (tertiary/aromatic N) is 3. The first-order valence-corrected chi connectivity index (χ1v) is 12.6. The molecule has 4 aromatic rings. The van der Waals surface area contributed by atoms with Crippen molar-refractivity contribution in [3.05, 3.63) is 132 Å². The average molecular weight is 469 g/mol. The maximum absolute atomic E-state index is 5.21. The van der Waals surface area contributed by atoms with Gasteiger partial charge in [0.1, 0.15) is 0 Å². The molecule has 3 heteroatoms. The number of aromatic nitrogens is 2. The Morgan fingerprint density at radius 2 is 1.58 bits per heavy atom. The van der Waals surface area contributed by atoms with Crippen molar-refractivity contribution >= 4 is 5.71 Å². The van der Waals surface area contributed by atoms with Crippen LogP contribution < -0.4 is 4.57 Å². The van der Waals surface area contributed by atoms with Crippen LogP contribution in [0.1, 0.15) is 46.5 Å². The monoisotopic (exact) mass is 468 g/mol. The van der Waals surface area contributed by atoms with E-state index in [1.807, 2.05) is 19.1 Å². The lowest BCUT2D eigenvalue weighted by atomic mass is 9.76. The Labute approximate surface area is 213 Å². The molecule has 3 atom stereocenters. The van der Waals surface area contributed by atoms with Gasteiger partial charge in [-0.1, -0.05) is 61.2 Å². The highest BCUT2D eigenvalue weighted by Crippen LogP contribution is 2.47. The Hall–Kier alpha value is -4.11. The predicted molar refractivity (Wildman–Crippen MR) is 147 cm³/mol. The number of aryl methyl sites for hydroxylation is 2. The Bertz CT molecular complexity index is 1540. The normalized spacial score (nSPS) is 19.6. The Morgan fingerprint density at radius 1 is 0.833 bits per heavy atom. The third-order valence-electron chi connectivity index (χ3n) is 7.63. The van der Waals surface area contributed by atoms with Crippen molar-refractivity contribution in [1.29, 1.82) is 0 Å². The average Bonchev–Trinajstić information content (AvgIpc) is 3.22. The van der Waals surface area contributed by atoms with E-state index in [0.29, 0.717) is 0 Å². The van der Waals surface area contributed by atoms with Crippen LogP contribution in [0.3, 0.4) is 0 Å². The van der Waals surface area contributed by atoms with E-state index >= 15 is 0 Å². The van der Waals surface area contributed by atoms with Crippen LogP contribution in [0, 0.1) is 13.8 Å². The Balaban J connectivity index is 1.59. The molecule has 4 heterocycles. The first-order valence-electron chi connectivity index (χ1n) is 12.6. The van der Waals surface area contributed by atoms with Gasteiger partial charge >= 0.3 is 0 Å². The zero-order valence-electron chi connectivity index (χ0n) is 20.9. The van der Waals surface area contributed by atoms with E-state index in [1.54, 1.807) is 0 Å². The van der Waals surface area contributed by atoms with Crippen LogP contribution in [-0.4, -0.2) is 16.7 Å². The molecule has 0 fully saturated rings. The lowest BCUT2D eigenvalue weighted by Gasteiger charge is -2.32. The second kappa shape index (κ2) is 8.83. The van der Waals surface area contributed by atoms with Crippen LogP contribution in [0.4, 0.5) is 0 Å². The highest BCUT2D eigenvalue weighted by Gasteiger charge is 2.47. The largest absolute Gasteiger partial charge is 0.280 e.